The maximum Gasteiger partial charge on any atom is 0.0559 e. The number of methoxy groups -OCH3 is 1. The number of hydrogen-bond donors (Lipinski definition) is 1. The summed E-state index contributed by atoms with van der Waals surface area (Å²) < 4.78 is 5.22. The number of ether oxygens (including phenoxy) is 1. The Balaban J connectivity index is 2.25. The van der Waals surface area contributed by atoms with Gasteiger partial charge in [0.05, 0.1) is 6.61 Å². The van der Waals surface area contributed by atoms with E-state index in [0.29, 0.717) is 0 Å². The molecule has 0 bridgehead atoms. The Morgan fingerprint density at radius 2 is 2.23 bits per heavy atom. The van der Waals surface area contributed by atoms with E-state index in [1.807, 2.05) is 12.1 Å². The van der Waals surface area contributed by atoms with E-state index in [0.717, 1.165) is 12.3 Å². The smallest absolute Gasteiger partial charge is 0.0559 e. The molecule has 0 atom stereocenters. The first kappa shape index (κ1) is 8.57. The van der Waals surface area contributed by atoms with Crippen LogP contribution in [0.15, 0.2) is 24.3 Å². The highest BCUT2D eigenvalue weighted by Crippen LogP contribution is 2.48. The third kappa shape index (κ3) is 1.54. The molecule has 0 aliphatic heterocycles. The average Bonchev–Trinajstić information content (AvgIpc) is 2.86. The molecule has 1 aliphatic carbocycles. The first-order chi connectivity index (χ1) is 6.27. The predicted octanol–water partition coefficient (Wildman–Crippen LogP) is 1.95. The molecule has 70 valence electrons. The molecule has 1 aliphatic rings. The van der Waals surface area contributed by atoms with E-state index in [1.54, 1.807) is 7.11 Å². The van der Waals surface area contributed by atoms with Crippen molar-refractivity contribution in [2.75, 3.05) is 19.5 Å². The highest BCUT2D eigenvalue weighted by molar-refractivity contribution is 5.45. The monoisotopic (exact) mass is 177 g/mol. The fourth-order valence-electron chi connectivity index (χ4n) is 1.81. The molecular formula is C11H15NO. The van der Waals surface area contributed by atoms with Crippen LogP contribution in [-0.2, 0) is 10.2 Å². The van der Waals surface area contributed by atoms with E-state index < -0.39 is 0 Å². The number of nitrogen functional groups attached to an aromatic ring is 1. The topological polar surface area (TPSA) is 35.2 Å². The lowest BCUT2D eigenvalue weighted by molar-refractivity contribution is 0.171. The Hall–Kier alpha value is -1.02. The van der Waals surface area contributed by atoms with Gasteiger partial charge in [-0.05, 0) is 30.5 Å². The standard InChI is InChI=1S/C11H15NO/c1-13-8-11(5-6-11)9-3-2-4-10(12)7-9/h2-4,7H,5-6,8,12H2,1H3. The van der Waals surface area contributed by atoms with Gasteiger partial charge in [0.1, 0.15) is 0 Å². The van der Waals surface area contributed by atoms with Crippen LogP contribution in [-0.4, -0.2) is 13.7 Å². The SMILES string of the molecule is COCC1(c2cccc(N)c2)CC1. The van der Waals surface area contributed by atoms with Crippen molar-refractivity contribution in [1.82, 2.24) is 0 Å². The molecular weight excluding hydrogens is 162 g/mol. The van der Waals surface area contributed by atoms with E-state index in [9.17, 15) is 0 Å². The molecule has 0 radical (unpaired) electrons. The molecule has 0 spiro atoms. The number of nitrogens with two attached hydrogens (primary N) is 1. The number of anilines is 1. The van der Waals surface area contributed by atoms with Crippen LogP contribution in [0.4, 0.5) is 5.69 Å². The average molecular weight is 177 g/mol. The van der Waals surface area contributed by atoms with Gasteiger partial charge in [0.2, 0.25) is 0 Å². The van der Waals surface area contributed by atoms with Gasteiger partial charge in [-0.3, -0.25) is 0 Å². The zero-order valence-electron chi connectivity index (χ0n) is 7.92. The Morgan fingerprint density at radius 1 is 1.46 bits per heavy atom. The molecule has 0 amide bonds. The third-order valence-corrected chi connectivity index (χ3v) is 2.77. The minimum Gasteiger partial charge on any atom is -0.399 e. The lowest BCUT2D eigenvalue weighted by atomic mass is 9.97. The van der Waals surface area contributed by atoms with Crippen LogP contribution in [0.25, 0.3) is 0 Å². The molecule has 1 aromatic rings. The zero-order valence-corrected chi connectivity index (χ0v) is 7.92. The van der Waals surface area contributed by atoms with Crippen LogP contribution in [0.2, 0.25) is 0 Å². The molecule has 1 fully saturated rings. The fourth-order valence-corrected chi connectivity index (χ4v) is 1.81. The van der Waals surface area contributed by atoms with Crippen molar-refractivity contribution in [3.05, 3.63) is 29.8 Å². The number of benzene rings is 1. The summed E-state index contributed by atoms with van der Waals surface area (Å²) in [4.78, 5) is 0. The largest absolute Gasteiger partial charge is 0.399 e. The quantitative estimate of drug-likeness (QED) is 0.716. The first-order valence-electron chi connectivity index (χ1n) is 4.62. The summed E-state index contributed by atoms with van der Waals surface area (Å²) in [6.45, 7) is 0.816. The summed E-state index contributed by atoms with van der Waals surface area (Å²) >= 11 is 0. The molecule has 1 saturated carbocycles. The molecule has 2 heteroatoms. The second kappa shape index (κ2) is 3.04. The molecule has 1 aromatic carbocycles. The van der Waals surface area contributed by atoms with Crippen LogP contribution in [0, 0.1) is 0 Å². The van der Waals surface area contributed by atoms with E-state index in [4.69, 9.17) is 10.5 Å². The van der Waals surface area contributed by atoms with E-state index >= 15 is 0 Å². The second-order valence-electron chi connectivity index (χ2n) is 3.84. The van der Waals surface area contributed by atoms with Crippen molar-refractivity contribution >= 4 is 5.69 Å². The van der Waals surface area contributed by atoms with Crippen molar-refractivity contribution in [3.8, 4) is 0 Å². The molecule has 0 unspecified atom stereocenters. The van der Waals surface area contributed by atoms with E-state index in [1.165, 1.54) is 18.4 Å². The van der Waals surface area contributed by atoms with Gasteiger partial charge in [0, 0.05) is 18.2 Å². The maximum absolute atomic E-state index is 5.74. The Labute approximate surface area is 78.7 Å². The van der Waals surface area contributed by atoms with Gasteiger partial charge in [0.15, 0.2) is 0 Å². The van der Waals surface area contributed by atoms with Crippen molar-refractivity contribution in [3.63, 3.8) is 0 Å². The van der Waals surface area contributed by atoms with Gasteiger partial charge in [-0.15, -0.1) is 0 Å². The van der Waals surface area contributed by atoms with Crippen molar-refractivity contribution in [1.29, 1.82) is 0 Å². The van der Waals surface area contributed by atoms with E-state index in [-0.39, 0.29) is 5.41 Å². The number of hydrogen-bond acceptors (Lipinski definition) is 2. The highest BCUT2D eigenvalue weighted by atomic mass is 16.5. The minimum absolute atomic E-state index is 0.282. The van der Waals surface area contributed by atoms with Crippen LogP contribution >= 0.6 is 0 Å². The zero-order chi connectivity index (χ0) is 9.31. The summed E-state index contributed by atoms with van der Waals surface area (Å²) in [5, 5.41) is 0. The van der Waals surface area contributed by atoms with Gasteiger partial charge in [-0.2, -0.15) is 0 Å². The van der Waals surface area contributed by atoms with Crippen molar-refractivity contribution < 1.29 is 4.74 Å². The molecule has 0 heterocycles. The lowest BCUT2D eigenvalue weighted by Gasteiger charge is -2.14. The predicted molar refractivity (Wildman–Crippen MR) is 53.6 cm³/mol. The molecule has 0 saturated heterocycles. The van der Waals surface area contributed by atoms with Gasteiger partial charge in [-0.25, -0.2) is 0 Å². The van der Waals surface area contributed by atoms with Crippen LogP contribution < -0.4 is 5.73 Å². The first-order valence-corrected chi connectivity index (χ1v) is 4.62. The second-order valence-corrected chi connectivity index (χ2v) is 3.84. The Morgan fingerprint density at radius 3 is 2.77 bits per heavy atom. The normalized spacial score (nSPS) is 18.5. The van der Waals surface area contributed by atoms with Crippen LogP contribution in [0.5, 0.6) is 0 Å². The number of rotatable bonds is 3. The summed E-state index contributed by atoms with van der Waals surface area (Å²) in [7, 11) is 1.76. The summed E-state index contributed by atoms with van der Waals surface area (Å²) in [5.41, 5.74) is 8.20. The summed E-state index contributed by atoms with van der Waals surface area (Å²) in [6.07, 6.45) is 2.45. The van der Waals surface area contributed by atoms with Gasteiger partial charge >= 0.3 is 0 Å². The lowest BCUT2D eigenvalue weighted by Crippen LogP contribution is -2.13. The van der Waals surface area contributed by atoms with E-state index in [2.05, 4.69) is 12.1 Å². The third-order valence-electron chi connectivity index (χ3n) is 2.77. The molecule has 2 N–H and O–H groups in total. The molecule has 2 nitrogen and oxygen atoms in total. The van der Waals surface area contributed by atoms with Crippen molar-refractivity contribution in [2.24, 2.45) is 0 Å². The fraction of sp³-hybridized carbons (Fsp3) is 0.455. The minimum atomic E-state index is 0.282. The molecule has 0 aromatic heterocycles. The van der Waals surface area contributed by atoms with Crippen LogP contribution in [0.3, 0.4) is 0 Å². The molecule has 13 heavy (non-hydrogen) atoms. The highest BCUT2D eigenvalue weighted by Gasteiger charge is 2.44. The van der Waals surface area contributed by atoms with Gasteiger partial charge < -0.3 is 10.5 Å². The van der Waals surface area contributed by atoms with Gasteiger partial charge in [0.25, 0.3) is 0 Å². The Bertz CT molecular complexity index is 305. The summed E-state index contributed by atoms with van der Waals surface area (Å²) in [5.74, 6) is 0. The Kier molecular flexibility index (Phi) is 2.00. The molecule has 2 rings (SSSR count). The van der Waals surface area contributed by atoms with Crippen molar-refractivity contribution in [2.45, 2.75) is 18.3 Å². The van der Waals surface area contributed by atoms with Gasteiger partial charge in [-0.1, -0.05) is 12.1 Å². The summed E-state index contributed by atoms with van der Waals surface area (Å²) in [6, 6.07) is 8.14. The van der Waals surface area contributed by atoms with Crippen LogP contribution in [0.1, 0.15) is 18.4 Å². The maximum atomic E-state index is 5.74.